The summed E-state index contributed by atoms with van der Waals surface area (Å²) in [5.74, 6) is 0. The third kappa shape index (κ3) is 3.50. The maximum atomic E-state index is 4.28. The molecule has 0 spiro atoms. The first kappa shape index (κ1) is 13.0. The summed E-state index contributed by atoms with van der Waals surface area (Å²) in [5.41, 5.74) is 0.356. The maximum Gasteiger partial charge on any atom is 0.0897 e. The van der Waals surface area contributed by atoms with E-state index in [1.54, 1.807) is 11.3 Å². The van der Waals surface area contributed by atoms with Crippen molar-refractivity contribution in [1.29, 1.82) is 0 Å². The van der Waals surface area contributed by atoms with Crippen molar-refractivity contribution in [3.63, 3.8) is 0 Å². The summed E-state index contributed by atoms with van der Waals surface area (Å²) in [6, 6.07) is 0. The molecule has 2 N–H and O–H groups in total. The lowest BCUT2D eigenvalue weighted by Crippen LogP contribution is -2.48. The Kier molecular flexibility index (Phi) is 4.54. The van der Waals surface area contributed by atoms with Crippen LogP contribution in [0.2, 0.25) is 0 Å². The zero-order valence-corrected chi connectivity index (χ0v) is 11.7. The molecule has 0 amide bonds. The Balaban J connectivity index is 1.79. The molecule has 1 atom stereocenters. The Bertz CT molecular complexity index is 342. The second-order valence-electron chi connectivity index (χ2n) is 5.01. The number of thiazole rings is 1. The lowest BCUT2D eigenvalue weighted by molar-refractivity contribution is 0.325. The van der Waals surface area contributed by atoms with Gasteiger partial charge in [0.25, 0.3) is 0 Å². The van der Waals surface area contributed by atoms with Gasteiger partial charge in [0.1, 0.15) is 0 Å². The minimum atomic E-state index is 0.356. The SMILES string of the molecule is CCCC1(CNCc2cnc(C)s2)CCCN1. The van der Waals surface area contributed by atoms with Gasteiger partial charge in [-0.3, -0.25) is 0 Å². The van der Waals surface area contributed by atoms with Gasteiger partial charge in [-0.05, 0) is 32.7 Å². The van der Waals surface area contributed by atoms with Gasteiger partial charge in [0.2, 0.25) is 0 Å². The predicted molar refractivity (Wildman–Crippen MR) is 73.4 cm³/mol. The van der Waals surface area contributed by atoms with E-state index in [1.165, 1.54) is 37.1 Å². The Morgan fingerprint density at radius 1 is 1.59 bits per heavy atom. The van der Waals surface area contributed by atoms with E-state index in [-0.39, 0.29) is 0 Å². The molecule has 4 heteroatoms. The number of aromatic nitrogens is 1. The third-order valence-corrected chi connectivity index (χ3v) is 4.41. The molecule has 2 rings (SSSR count). The number of nitrogens with one attached hydrogen (secondary N) is 2. The highest BCUT2D eigenvalue weighted by atomic mass is 32.1. The van der Waals surface area contributed by atoms with Crippen molar-refractivity contribution >= 4 is 11.3 Å². The van der Waals surface area contributed by atoms with E-state index in [2.05, 4.69) is 29.5 Å². The topological polar surface area (TPSA) is 37.0 Å². The van der Waals surface area contributed by atoms with E-state index in [4.69, 9.17) is 0 Å². The molecule has 1 unspecified atom stereocenters. The monoisotopic (exact) mass is 253 g/mol. The number of rotatable bonds is 6. The molecule has 1 fully saturated rings. The molecule has 0 bridgehead atoms. The van der Waals surface area contributed by atoms with E-state index in [0.717, 1.165) is 18.1 Å². The van der Waals surface area contributed by atoms with Crippen molar-refractivity contribution in [1.82, 2.24) is 15.6 Å². The van der Waals surface area contributed by atoms with Crippen molar-refractivity contribution < 1.29 is 0 Å². The van der Waals surface area contributed by atoms with E-state index in [0.29, 0.717) is 5.54 Å². The van der Waals surface area contributed by atoms with Crippen LogP contribution in [0.4, 0.5) is 0 Å². The van der Waals surface area contributed by atoms with Gasteiger partial charge < -0.3 is 10.6 Å². The van der Waals surface area contributed by atoms with Gasteiger partial charge >= 0.3 is 0 Å². The second-order valence-corrected chi connectivity index (χ2v) is 6.33. The van der Waals surface area contributed by atoms with Gasteiger partial charge in [0.05, 0.1) is 5.01 Å². The van der Waals surface area contributed by atoms with Crippen LogP contribution in [0.5, 0.6) is 0 Å². The number of hydrogen-bond acceptors (Lipinski definition) is 4. The quantitative estimate of drug-likeness (QED) is 0.818. The fraction of sp³-hybridized carbons (Fsp3) is 0.769. The van der Waals surface area contributed by atoms with Crippen molar-refractivity contribution in [2.24, 2.45) is 0 Å². The molecular formula is C13H23N3S. The fourth-order valence-electron chi connectivity index (χ4n) is 2.71. The number of aryl methyl sites for hydroxylation is 1. The minimum absolute atomic E-state index is 0.356. The summed E-state index contributed by atoms with van der Waals surface area (Å²) in [6.45, 7) is 7.55. The van der Waals surface area contributed by atoms with Gasteiger partial charge in [0.15, 0.2) is 0 Å². The molecule has 3 nitrogen and oxygen atoms in total. The van der Waals surface area contributed by atoms with E-state index in [1.807, 2.05) is 6.20 Å². The summed E-state index contributed by atoms with van der Waals surface area (Å²) in [4.78, 5) is 5.62. The highest BCUT2D eigenvalue weighted by molar-refractivity contribution is 7.11. The summed E-state index contributed by atoms with van der Waals surface area (Å²) in [6.07, 6.45) is 7.16. The van der Waals surface area contributed by atoms with E-state index in [9.17, 15) is 0 Å². The minimum Gasteiger partial charge on any atom is -0.310 e. The number of hydrogen-bond donors (Lipinski definition) is 2. The Morgan fingerprint density at radius 2 is 2.47 bits per heavy atom. The first-order valence-corrected chi connectivity index (χ1v) is 7.43. The highest BCUT2D eigenvalue weighted by Crippen LogP contribution is 2.24. The first-order valence-electron chi connectivity index (χ1n) is 6.61. The van der Waals surface area contributed by atoms with Crippen LogP contribution in [-0.4, -0.2) is 23.6 Å². The maximum absolute atomic E-state index is 4.28. The van der Waals surface area contributed by atoms with Crippen LogP contribution in [0, 0.1) is 6.92 Å². The molecule has 1 saturated heterocycles. The van der Waals surface area contributed by atoms with Gasteiger partial charge in [-0.25, -0.2) is 4.98 Å². The van der Waals surface area contributed by atoms with Crippen molar-refractivity contribution in [2.75, 3.05) is 13.1 Å². The van der Waals surface area contributed by atoms with Crippen LogP contribution in [0.1, 0.15) is 42.5 Å². The van der Waals surface area contributed by atoms with Crippen LogP contribution in [0.15, 0.2) is 6.20 Å². The summed E-state index contributed by atoms with van der Waals surface area (Å²) < 4.78 is 0. The first-order chi connectivity index (χ1) is 8.24. The lowest BCUT2D eigenvalue weighted by Gasteiger charge is -2.29. The van der Waals surface area contributed by atoms with Gasteiger partial charge in [-0.15, -0.1) is 11.3 Å². The van der Waals surface area contributed by atoms with Crippen LogP contribution in [-0.2, 0) is 6.54 Å². The molecular weight excluding hydrogens is 230 g/mol. The van der Waals surface area contributed by atoms with E-state index < -0.39 is 0 Å². The summed E-state index contributed by atoms with van der Waals surface area (Å²) >= 11 is 1.79. The predicted octanol–water partition coefficient (Wildman–Crippen LogP) is 2.46. The van der Waals surface area contributed by atoms with Crippen molar-refractivity contribution in [3.8, 4) is 0 Å². The summed E-state index contributed by atoms with van der Waals surface area (Å²) in [7, 11) is 0. The van der Waals surface area contributed by atoms with Crippen LogP contribution < -0.4 is 10.6 Å². The molecule has 17 heavy (non-hydrogen) atoms. The molecule has 0 aromatic carbocycles. The average molecular weight is 253 g/mol. The average Bonchev–Trinajstić information content (AvgIpc) is 2.90. The second kappa shape index (κ2) is 5.94. The molecule has 2 heterocycles. The molecule has 1 aliphatic rings. The molecule has 0 saturated carbocycles. The molecule has 0 aliphatic carbocycles. The largest absolute Gasteiger partial charge is 0.310 e. The zero-order valence-electron chi connectivity index (χ0n) is 10.9. The van der Waals surface area contributed by atoms with Crippen molar-refractivity contribution in [3.05, 3.63) is 16.1 Å². The van der Waals surface area contributed by atoms with Crippen LogP contribution in [0.25, 0.3) is 0 Å². The number of nitrogens with zero attached hydrogens (tertiary/aromatic N) is 1. The smallest absolute Gasteiger partial charge is 0.0897 e. The molecule has 1 aliphatic heterocycles. The van der Waals surface area contributed by atoms with Crippen LogP contribution in [0.3, 0.4) is 0 Å². The van der Waals surface area contributed by atoms with Gasteiger partial charge in [-0.1, -0.05) is 13.3 Å². The van der Waals surface area contributed by atoms with Crippen LogP contribution >= 0.6 is 11.3 Å². The fourth-order valence-corrected chi connectivity index (χ4v) is 3.48. The zero-order chi connectivity index (χ0) is 12.1. The Hall–Kier alpha value is -0.450. The lowest BCUT2D eigenvalue weighted by atomic mass is 9.92. The van der Waals surface area contributed by atoms with E-state index >= 15 is 0 Å². The third-order valence-electron chi connectivity index (χ3n) is 3.49. The highest BCUT2D eigenvalue weighted by Gasteiger charge is 2.31. The van der Waals surface area contributed by atoms with Gasteiger partial charge in [-0.2, -0.15) is 0 Å². The molecule has 96 valence electrons. The molecule has 1 aromatic heterocycles. The molecule has 1 aromatic rings. The van der Waals surface area contributed by atoms with Gasteiger partial charge in [0, 0.05) is 29.7 Å². The Labute approximate surface area is 108 Å². The normalized spacial score (nSPS) is 24.4. The van der Waals surface area contributed by atoms with Crippen molar-refractivity contribution in [2.45, 2.75) is 51.6 Å². The Morgan fingerprint density at radius 3 is 3.06 bits per heavy atom. The summed E-state index contributed by atoms with van der Waals surface area (Å²) in [5, 5.41) is 8.43. The standard InChI is InChI=1S/C13H23N3S/c1-3-5-13(6-4-7-16-13)10-14-8-12-9-15-11(2)17-12/h9,14,16H,3-8,10H2,1-2H3. The molecule has 0 radical (unpaired) electrons.